The van der Waals surface area contributed by atoms with Crippen molar-refractivity contribution in [3.05, 3.63) is 42.6 Å². The van der Waals surface area contributed by atoms with E-state index in [1.54, 1.807) is 23.2 Å². The van der Waals surface area contributed by atoms with Crippen molar-refractivity contribution in [1.82, 2.24) is 9.88 Å². The summed E-state index contributed by atoms with van der Waals surface area (Å²) in [5.41, 5.74) is 0.574. The lowest BCUT2D eigenvalue weighted by molar-refractivity contribution is -0.118. The molecule has 0 amide bonds. The van der Waals surface area contributed by atoms with Gasteiger partial charge in [-0.1, -0.05) is 18.2 Å². The number of ketones is 1. The fourth-order valence-electron chi connectivity index (χ4n) is 3.87. The Labute approximate surface area is 134 Å². The maximum absolute atomic E-state index is 12.4. The standard InChI is InChI=1S/C17H17N5O/c18-11-22-9-7-17(15(22)12-4-1-2-6-14(12)23)10-20-13-5-3-8-19-16(13)21-17/h1-6,8,12,15,20H,7,9-10H2,(H,19,21). The Morgan fingerprint density at radius 3 is 3.17 bits per heavy atom. The molecule has 3 aliphatic rings. The maximum Gasteiger partial charge on any atom is 0.179 e. The molecule has 1 saturated heterocycles. The van der Waals surface area contributed by atoms with E-state index in [0.29, 0.717) is 13.1 Å². The number of hydrogen-bond acceptors (Lipinski definition) is 6. The Morgan fingerprint density at radius 1 is 1.43 bits per heavy atom. The monoisotopic (exact) mass is 307 g/mol. The number of pyridine rings is 1. The molecule has 3 atom stereocenters. The van der Waals surface area contributed by atoms with Crippen molar-refractivity contribution in [1.29, 1.82) is 5.26 Å². The molecule has 6 nitrogen and oxygen atoms in total. The summed E-state index contributed by atoms with van der Waals surface area (Å²) in [6, 6.07) is 3.64. The Kier molecular flexibility index (Phi) is 3.08. The molecule has 0 radical (unpaired) electrons. The van der Waals surface area contributed by atoms with Crippen molar-refractivity contribution in [2.75, 3.05) is 23.7 Å². The topological polar surface area (TPSA) is 81.1 Å². The van der Waals surface area contributed by atoms with Crippen LogP contribution in [0.1, 0.15) is 6.42 Å². The van der Waals surface area contributed by atoms with E-state index in [9.17, 15) is 10.1 Å². The van der Waals surface area contributed by atoms with Crippen LogP contribution in [0.5, 0.6) is 0 Å². The number of carbonyl (C=O) groups excluding carboxylic acids is 1. The van der Waals surface area contributed by atoms with E-state index in [1.165, 1.54) is 0 Å². The molecule has 1 aliphatic carbocycles. The summed E-state index contributed by atoms with van der Waals surface area (Å²) in [6.07, 6.45) is 11.9. The van der Waals surface area contributed by atoms with Crippen molar-refractivity contribution in [2.24, 2.45) is 5.92 Å². The first-order valence-corrected chi connectivity index (χ1v) is 7.76. The minimum atomic E-state index is -0.382. The normalized spacial score (nSPS) is 31.4. The number of anilines is 2. The number of rotatable bonds is 1. The lowest BCUT2D eigenvalue weighted by atomic mass is 9.77. The Balaban J connectivity index is 1.73. The van der Waals surface area contributed by atoms with Gasteiger partial charge in [0.05, 0.1) is 23.2 Å². The number of nitrogens with one attached hydrogen (secondary N) is 2. The predicted molar refractivity (Wildman–Crippen MR) is 86.6 cm³/mol. The summed E-state index contributed by atoms with van der Waals surface area (Å²) < 4.78 is 0. The van der Waals surface area contributed by atoms with Crippen LogP contribution in [0.2, 0.25) is 0 Å². The smallest absolute Gasteiger partial charge is 0.179 e. The van der Waals surface area contributed by atoms with Gasteiger partial charge < -0.3 is 15.5 Å². The highest BCUT2D eigenvalue weighted by molar-refractivity contribution is 5.95. The SMILES string of the molecule is N#CN1CCC2(CNc3cccnc3N2)C1C1C=CC=CC1=O. The van der Waals surface area contributed by atoms with E-state index < -0.39 is 0 Å². The van der Waals surface area contributed by atoms with Gasteiger partial charge in [-0.05, 0) is 24.6 Å². The van der Waals surface area contributed by atoms with Gasteiger partial charge in [-0.25, -0.2) is 4.98 Å². The van der Waals surface area contributed by atoms with Crippen LogP contribution >= 0.6 is 0 Å². The average Bonchev–Trinajstić information content (AvgIpc) is 2.93. The zero-order chi connectivity index (χ0) is 15.9. The molecule has 3 unspecified atom stereocenters. The van der Waals surface area contributed by atoms with E-state index in [2.05, 4.69) is 21.8 Å². The van der Waals surface area contributed by atoms with Crippen LogP contribution in [0.25, 0.3) is 0 Å². The third-order valence-corrected chi connectivity index (χ3v) is 4.96. The fraction of sp³-hybridized carbons (Fsp3) is 0.353. The molecule has 2 N–H and O–H groups in total. The number of likely N-dealkylation sites (tertiary alicyclic amines) is 1. The van der Waals surface area contributed by atoms with Crippen LogP contribution in [0.3, 0.4) is 0 Å². The molecule has 1 fully saturated rings. The maximum atomic E-state index is 12.4. The number of carbonyl (C=O) groups is 1. The zero-order valence-electron chi connectivity index (χ0n) is 12.6. The summed E-state index contributed by atoms with van der Waals surface area (Å²) in [5, 5.41) is 16.5. The first-order valence-electron chi connectivity index (χ1n) is 7.76. The van der Waals surface area contributed by atoms with Gasteiger partial charge in [0.2, 0.25) is 0 Å². The number of fused-ring (bicyclic) bond motifs is 1. The number of nitrogens with zero attached hydrogens (tertiary/aromatic N) is 3. The Bertz CT molecular complexity index is 750. The number of allylic oxidation sites excluding steroid dienone is 3. The lowest BCUT2D eigenvalue weighted by Gasteiger charge is -2.43. The van der Waals surface area contributed by atoms with Gasteiger partial charge in [0.1, 0.15) is 5.82 Å². The van der Waals surface area contributed by atoms with E-state index in [1.807, 2.05) is 24.3 Å². The predicted octanol–water partition coefficient (Wildman–Crippen LogP) is 1.52. The number of nitriles is 1. The fourth-order valence-corrected chi connectivity index (χ4v) is 3.87. The molecule has 1 aromatic rings. The molecule has 1 spiro atoms. The molecule has 4 rings (SSSR count). The third kappa shape index (κ3) is 2.08. The van der Waals surface area contributed by atoms with Gasteiger partial charge in [0, 0.05) is 19.3 Å². The van der Waals surface area contributed by atoms with Crippen molar-refractivity contribution >= 4 is 17.3 Å². The van der Waals surface area contributed by atoms with Crippen molar-refractivity contribution in [2.45, 2.75) is 18.0 Å². The summed E-state index contributed by atoms with van der Waals surface area (Å²) >= 11 is 0. The van der Waals surface area contributed by atoms with Crippen LogP contribution in [-0.2, 0) is 4.79 Å². The van der Waals surface area contributed by atoms with Crippen molar-refractivity contribution in [3.8, 4) is 6.19 Å². The second kappa shape index (κ2) is 5.13. The molecule has 2 aliphatic heterocycles. The van der Waals surface area contributed by atoms with Gasteiger partial charge >= 0.3 is 0 Å². The first-order chi connectivity index (χ1) is 11.2. The first kappa shape index (κ1) is 13.8. The molecule has 116 valence electrons. The molecule has 3 heterocycles. The largest absolute Gasteiger partial charge is 0.380 e. The Morgan fingerprint density at radius 2 is 2.35 bits per heavy atom. The van der Waals surface area contributed by atoms with Gasteiger partial charge in [-0.2, -0.15) is 5.26 Å². The minimum Gasteiger partial charge on any atom is -0.380 e. The van der Waals surface area contributed by atoms with E-state index in [4.69, 9.17) is 0 Å². The molecule has 6 heteroatoms. The van der Waals surface area contributed by atoms with Crippen LogP contribution < -0.4 is 10.6 Å². The number of hydrogen-bond donors (Lipinski definition) is 2. The van der Waals surface area contributed by atoms with Crippen LogP contribution in [0, 0.1) is 17.4 Å². The van der Waals surface area contributed by atoms with Crippen LogP contribution in [-0.4, -0.2) is 40.3 Å². The molecule has 23 heavy (non-hydrogen) atoms. The molecular weight excluding hydrogens is 290 g/mol. The molecule has 0 aromatic carbocycles. The van der Waals surface area contributed by atoms with Crippen molar-refractivity contribution < 1.29 is 4.79 Å². The lowest BCUT2D eigenvalue weighted by Crippen LogP contribution is -2.59. The molecular formula is C17H17N5O. The average molecular weight is 307 g/mol. The van der Waals surface area contributed by atoms with Crippen LogP contribution in [0.15, 0.2) is 42.6 Å². The zero-order valence-corrected chi connectivity index (χ0v) is 12.6. The molecule has 0 bridgehead atoms. The van der Waals surface area contributed by atoms with Crippen molar-refractivity contribution in [3.63, 3.8) is 0 Å². The molecule has 1 aromatic heterocycles. The highest BCUT2D eigenvalue weighted by Crippen LogP contribution is 2.41. The molecule has 0 saturated carbocycles. The second-order valence-electron chi connectivity index (χ2n) is 6.19. The second-order valence-corrected chi connectivity index (χ2v) is 6.19. The summed E-state index contributed by atoms with van der Waals surface area (Å²) in [5.74, 6) is 0.515. The summed E-state index contributed by atoms with van der Waals surface area (Å²) in [7, 11) is 0. The quantitative estimate of drug-likeness (QED) is 0.766. The van der Waals surface area contributed by atoms with Gasteiger partial charge in [-0.3, -0.25) is 4.79 Å². The minimum absolute atomic E-state index is 0.0487. The number of aromatic nitrogens is 1. The highest BCUT2D eigenvalue weighted by Gasteiger charge is 2.53. The highest BCUT2D eigenvalue weighted by atomic mass is 16.1. The van der Waals surface area contributed by atoms with Crippen LogP contribution in [0.4, 0.5) is 11.5 Å². The third-order valence-electron chi connectivity index (χ3n) is 4.96. The van der Waals surface area contributed by atoms with E-state index >= 15 is 0 Å². The summed E-state index contributed by atoms with van der Waals surface area (Å²) in [6.45, 7) is 1.30. The van der Waals surface area contributed by atoms with Gasteiger partial charge in [0.15, 0.2) is 12.0 Å². The van der Waals surface area contributed by atoms with E-state index in [-0.39, 0.29) is 23.3 Å². The van der Waals surface area contributed by atoms with Gasteiger partial charge in [0.25, 0.3) is 0 Å². The van der Waals surface area contributed by atoms with E-state index in [0.717, 1.165) is 17.9 Å². The Hall–Kier alpha value is -2.81. The van der Waals surface area contributed by atoms with Gasteiger partial charge in [-0.15, -0.1) is 0 Å². The summed E-state index contributed by atoms with van der Waals surface area (Å²) in [4.78, 5) is 18.5.